The Morgan fingerprint density at radius 1 is 1.43 bits per heavy atom. The van der Waals surface area contributed by atoms with E-state index in [1.54, 1.807) is 20.8 Å². The van der Waals surface area contributed by atoms with Crippen molar-refractivity contribution >= 4 is 22.0 Å². The van der Waals surface area contributed by atoms with Crippen LogP contribution in [-0.2, 0) is 4.74 Å². The molecule has 0 bridgehead atoms. The molecule has 0 aromatic carbocycles. The number of ether oxygens (including phenoxy) is 1. The van der Waals surface area contributed by atoms with Gasteiger partial charge in [0.1, 0.15) is 5.60 Å². The van der Waals surface area contributed by atoms with Crippen LogP contribution in [-0.4, -0.2) is 35.0 Å². The number of amides is 1. The van der Waals surface area contributed by atoms with Gasteiger partial charge in [-0.2, -0.15) is 8.78 Å². The van der Waals surface area contributed by atoms with Gasteiger partial charge >= 0.3 is 10.9 Å². The number of rotatable bonds is 2. The van der Waals surface area contributed by atoms with E-state index in [2.05, 4.69) is 15.9 Å². The van der Waals surface area contributed by atoms with Crippen LogP contribution in [0.2, 0.25) is 0 Å². The Morgan fingerprint density at radius 3 is 2.14 bits per heavy atom. The normalized spacial score (nSPS) is 12.5. The van der Waals surface area contributed by atoms with Crippen LogP contribution >= 0.6 is 15.9 Å². The molecule has 0 fully saturated rings. The Kier molecular flexibility index (Phi) is 4.30. The first-order valence-electron chi connectivity index (χ1n) is 4.02. The topological polar surface area (TPSA) is 29.5 Å². The van der Waals surface area contributed by atoms with Crippen LogP contribution in [0, 0.1) is 0 Å². The molecule has 0 aliphatic heterocycles. The third kappa shape index (κ3) is 7.06. The average Bonchev–Trinajstić information content (AvgIpc) is 1.78. The van der Waals surface area contributed by atoms with E-state index >= 15 is 0 Å². The quantitative estimate of drug-likeness (QED) is 0.725. The van der Waals surface area contributed by atoms with Gasteiger partial charge in [0.2, 0.25) is 0 Å². The van der Waals surface area contributed by atoms with Gasteiger partial charge in [-0.25, -0.2) is 4.79 Å². The van der Waals surface area contributed by atoms with E-state index in [4.69, 9.17) is 4.74 Å². The van der Waals surface area contributed by atoms with Crippen molar-refractivity contribution in [3.8, 4) is 0 Å². The second-order valence-corrected chi connectivity index (χ2v) is 5.11. The van der Waals surface area contributed by atoms with Gasteiger partial charge in [-0.15, -0.1) is 0 Å². The minimum Gasteiger partial charge on any atom is -0.444 e. The summed E-state index contributed by atoms with van der Waals surface area (Å²) in [6.45, 7) is 4.29. The first kappa shape index (κ1) is 13.6. The molecule has 0 spiro atoms. The summed E-state index contributed by atoms with van der Waals surface area (Å²) in [6, 6.07) is 0. The molecule has 0 N–H and O–H groups in total. The number of carbonyl (C=O) groups is 1. The van der Waals surface area contributed by atoms with E-state index in [0.29, 0.717) is 0 Å². The van der Waals surface area contributed by atoms with E-state index in [0.717, 1.165) is 4.90 Å². The lowest BCUT2D eigenvalue weighted by atomic mass is 10.2. The second kappa shape index (κ2) is 4.42. The predicted molar refractivity (Wildman–Crippen MR) is 52.7 cm³/mol. The molecule has 0 aromatic rings. The van der Waals surface area contributed by atoms with Crippen molar-refractivity contribution in [2.75, 3.05) is 13.6 Å². The van der Waals surface area contributed by atoms with Crippen molar-refractivity contribution in [2.45, 2.75) is 31.2 Å². The Hall–Kier alpha value is -0.390. The maximum Gasteiger partial charge on any atom is 0.410 e. The molecule has 84 valence electrons. The summed E-state index contributed by atoms with van der Waals surface area (Å²) >= 11 is 2.14. The molecule has 6 heteroatoms. The van der Waals surface area contributed by atoms with Crippen molar-refractivity contribution < 1.29 is 18.3 Å². The predicted octanol–water partition coefficient (Wildman–Crippen LogP) is 2.84. The van der Waals surface area contributed by atoms with E-state index < -0.39 is 23.1 Å². The van der Waals surface area contributed by atoms with Gasteiger partial charge in [-0.1, -0.05) is 0 Å². The van der Waals surface area contributed by atoms with Crippen LogP contribution in [0.3, 0.4) is 0 Å². The monoisotopic (exact) mass is 273 g/mol. The summed E-state index contributed by atoms with van der Waals surface area (Å²) in [5, 5.41) is 0. The highest BCUT2D eigenvalue weighted by atomic mass is 79.9. The molecule has 0 aliphatic carbocycles. The lowest BCUT2D eigenvalue weighted by molar-refractivity contribution is 0.0111. The maximum atomic E-state index is 12.4. The van der Waals surface area contributed by atoms with Crippen LogP contribution in [0.4, 0.5) is 13.6 Å². The molecular formula is C8H14BrF2NO2. The SMILES string of the molecule is CN(CC(F)(F)Br)C(=O)OC(C)(C)C. The second-order valence-electron chi connectivity index (χ2n) is 3.95. The van der Waals surface area contributed by atoms with Crippen LogP contribution in [0.15, 0.2) is 0 Å². The number of hydrogen-bond donors (Lipinski definition) is 0. The highest BCUT2D eigenvalue weighted by Crippen LogP contribution is 2.22. The molecule has 0 heterocycles. The standard InChI is InChI=1S/C8H14BrF2NO2/c1-7(2,3)14-6(13)12(4)5-8(9,10)11/h5H2,1-4H3. The molecule has 0 aliphatic rings. The highest BCUT2D eigenvalue weighted by Gasteiger charge is 2.30. The molecule has 0 unspecified atom stereocenters. The van der Waals surface area contributed by atoms with Crippen LogP contribution in [0.5, 0.6) is 0 Å². The highest BCUT2D eigenvalue weighted by molar-refractivity contribution is 9.10. The summed E-state index contributed by atoms with van der Waals surface area (Å²) < 4.78 is 29.7. The van der Waals surface area contributed by atoms with Crippen molar-refractivity contribution in [3.05, 3.63) is 0 Å². The first-order chi connectivity index (χ1) is 6.01. The molecule has 0 atom stereocenters. The van der Waals surface area contributed by atoms with Crippen LogP contribution in [0.25, 0.3) is 0 Å². The minimum absolute atomic E-state index is 0.674. The summed E-state index contributed by atoms with van der Waals surface area (Å²) in [5.74, 6) is 0. The van der Waals surface area contributed by atoms with E-state index in [-0.39, 0.29) is 0 Å². The number of halogens is 3. The zero-order valence-corrected chi connectivity index (χ0v) is 10.2. The largest absolute Gasteiger partial charge is 0.444 e. The molecule has 0 saturated heterocycles. The summed E-state index contributed by atoms with van der Waals surface area (Å²) in [7, 11) is 1.25. The fraction of sp³-hybridized carbons (Fsp3) is 0.875. The van der Waals surface area contributed by atoms with Crippen LogP contribution in [0.1, 0.15) is 20.8 Å². The van der Waals surface area contributed by atoms with Gasteiger partial charge < -0.3 is 9.64 Å². The summed E-state index contributed by atoms with van der Waals surface area (Å²) in [6.07, 6.45) is -0.767. The lowest BCUT2D eigenvalue weighted by Gasteiger charge is -2.25. The molecule has 0 aromatic heterocycles. The lowest BCUT2D eigenvalue weighted by Crippen LogP contribution is -2.39. The Morgan fingerprint density at radius 2 is 1.86 bits per heavy atom. The number of hydrogen-bond acceptors (Lipinski definition) is 2. The molecular weight excluding hydrogens is 260 g/mol. The van der Waals surface area contributed by atoms with Crippen molar-refractivity contribution in [1.29, 1.82) is 0 Å². The molecule has 0 radical (unpaired) electrons. The van der Waals surface area contributed by atoms with Gasteiger partial charge in [0, 0.05) is 7.05 Å². The minimum atomic E-state index is -3.08. The van der Waals surface area contributed by atoms with Gasteiger partial charge in [-0.3, -0.25) is 0 Å². The maximum absolute atomic E-state index is 12.4. The molecule has 3 nitrogen and oxygen atoms in total. The first-order valence-corrected chi connectivity index (χ1v) is 4.81. The molecule has 1 amide bonds. The van der Waals surface area contributed by atoms with Crippen molar-refractivity contribution in [2.24, 2.45) is 0 Å². The Labute approximate surface area is 90.5 Å². The summed E-state index contributed by atoms with van der Waals surface area (Å²) in [5.41, 5.74) is -0.674. The Bertz CT molecular complexity index is 210. The van der Waals surface area contributed by atoms with Crippen LogP contribution < -0.4 is 0 Å². The van der Waals surface area contributed by atoms with Crippen molar-refractivity contribution in [3.63, 3.8) is 0 Å². The fourth-order valence-corrected chi connectivity index (χ4v) is 1.05. The zero-order chi connectivity index (χ0) is 11.6. The molecule has 0 saturated carbocycles. The van der Waals surface area contributed by atoms with Gasteiger partial charge in [0.25, 0.3) is 0 Å². The number of alkyl halides is 3. The Balaban J connectivity index is 4.15. The molecule has 14 heavy (non-hydrogen) atoms. The number of carbonyl (C=O) groups excluding carboxylic acids is 1. The fourth-order valence-electron chi connectivity index (χ4n) is 0.673. The third-order valence-electron chi connectivity index (χ3n) is 1.12. The average molecular weight is 274 g/mol. The third-order valence-corrected chi connectivity index (χ3v) is 1.37. The van der Waals surface area contributed by atoms with Crippen molar-refractivity contribution in [1.82, 2.24) is 4.90 Å². The van der Waals surface area contributed by atoms with Gasteiger partial charge in [-0.05, 0) is 36.7 Å². The number of nitrogens with zero attached hydrogens (tertiary/aromatic N) is 1. The summed E-state index contributed by atoms with van der Waals surface area (Å²) in [4.78, 5) is 8.92. The zero-order valence-electron chi connectivity index (χ0n) is 8.60. The van der Waals surface area contributed by atoms with Gasteiger partial charge in [0.05, 0.1) is 6.54 Å². The van der Waals surface area contributed by atoms with E-state index in [1.165, 1.54) is 7.05 Å². The van der Waals surface area contributed by atoms with Gasteiger partial charge in [0.15, 0.2) is 0 Å². The molecule has 0 rings (SSSR count). The smallest absolute Gasteiger partial charge is 0.410 e. The van der Waals surface area contributed by atoms with E-state index in [9.17, 15) is 13.6 Å². The van der Waals surface area contributed by atoms with E-state index in [1.807, 2.05) is 0 Å².